The number of hydrogen-bond acceptors (Lipinski definition) is 5. The second-order valence-corrected chi connectivity index (χ2v) is 11.7. The van der Waals surface area contributed by atoms with Crippen LogP contribution in [-0.4, -0.2) is 17.4 Å². The summed E-state index contributed by atoms with van der Waals surface area (Å²) in [6, 6.07) is 28.4. The Morgan fingerprint density at radius 2 is 1.37 bits per heavy atom. The van der Waals surface area contributed by atoms with E-state index in [-0.39, 0.29) is 22.9 Å². The van der Waals surface area contributed by atoms with Crippen LogP contribution in [0, 0.1) is 0 Å². The molecule has 1 aliphatic heterocycles. The first-order chi connectivity index (χ1) is 18.2. The lowest BCUT2D eigenvalue weighted by atomic mass is 9.91. The van der Waals surface area contributed by atoms with Crippen molar-refractivity contribution < 1.29 is 21.8 Å². The van der Waals surface area contributed by atoms with Crippen LogP contribution in [0.3, 0.4) is 0 Å². The van der Waals surface area contributed by atoms with Gasteiger partial charge >= 0.3 is 0 Å². The van der Waals surface area contributed by atoms with Gasteiger partial charge in [0.1, 0.15) is 0 Å². The van der Waals surface area contributed by atoms with Gasteiger partial charge in [0, 0.05) is 45.3 Å². The van der Waals surface area contributed by atoms with Gasteiger partial charge in [-0.2, -0.15) is 0 Å². The number of nitrogens with zero attached hydrogens (tertiary/aromatic N) is 1. The molecule has 7 heteroatoms. The highest BCUT2D eigenvalue weighted by Crippen LogP contribution is 2.50. The van der Waals surface area contributed by atoms with E-state index in [0.717, 1.165) is 37.3 Å². The fourth-order valence-corrected chi connectivity index (χ4v) is 7.28. The van der Waals surface area contributed by atoms with Gasteiger partial charge < -0.3 is 21.9 Å². The van der Waals surface area contributed by atoms with Crippen molar-refractivity contribution >= 4 is 46.4 Å². The lowest BCUT2D eigenvalue weighted by Gasteiger charge is -2.35. The summed E-state index contributed by atoms with van der Waals surface area (Å²) in [7, 11) is 0. The summed E-state index contributed by atoms with van der Waals surface area (Å²) in [5.41, 5.74) is 10.0. The Balaban J connectivity index is 0.00000400. The van der Waals surface area contributed by atoms with Gasteiger partial charge in [0.25, 0.3) is 0 Å². The standard InChI is InChI=1S/C31H37N3OS2.BrH/c1-2-3-21-36-31(37-22-13-5-8-20-29(35)33-32)30-25-16-9-11-18-27(25)34(23-24-14-6-4-7-15-24)28-19-12-10-17-26(28)30;/h4,6-7,9-12,14-19H,2-3,5,8,13,20-23,32H2,1H3,(H,33,35);1H/p-1. The number of carbonyl (C=O) groups excluding carboxylic acids is 1. The van der Waals surface area contributed by atoms with Gasteiger partial charge in [-0.3, -0.25) is 10.2 Å². The van der Waals surface area contributed by atoms with Crippen molar-refractivity contribution in [3.05, 3.63) is 99.8 Å². The fourth-order valence-electron chi connectivity index (χ4n) is 4.57. The highest BCUT2D eigenvalue weighted by molar-refractivity contribution is 8.22. The van der Waals surface area contributed by atoms with Gasteiger partial charge in [0.15, 0.2) is 0 Å². The Kier molecular flexibility index (Phi) is 12.8. The first-order valence-corrected chi connectivity index (χ1v) is 15.2. The van der Waals surface area contributed by atoms with Crippen LogP contribution in [0.1, 0.15) is 62.1 Å². The Bertz CT molecular complexity index is 1150. The summed E-state index contributed by atoms with van der Waals surface area (Å²) < 4.78 is 1.41. The van der Waals surface area contributed by atoms with Crippen LogP contribution >= 0.6 is 23.5 Å². The zero-order chi connectivity index (χ0) is 25.9. The van der Waals surface area contributed by atoms with Gasteiger partial charge in [-0.1, -0.05) is 86.5 Å². The number of nitrogens with one attached hydrogen (secondary N) is 1. The monoisotopic (exact) mass is 610 g/mol. The molecule has 202 valence electrons. The zero-order valence-corrected chi connectivity index (χ0v) is 25.2. The molecule has 0 bridgehead atoms. The van der Waals surface area contributed by atoms with Gasteiger partial charge in [0.05, 0.1) is 0 Å². The van der Waals surface area contributed by atoms with Crippen molar-refractivity contribution in [3.63, 3.8) is 0 Å². The van der Waals surface area contributed by atoms with E-state index in [2.05, 4.69) is 96.1 Å². The van der Waals surface area contributed by atoms with E-state index in [9.17, 15) is 4.79 Å². The molecule has 0 atom stereocenters. The minimum absolute atomic E-state index is 0. The topological polar surface area (TPSA) is 58.4 Å². The van der Waals surface area contributed by atoms with Crippen molar-refractivity contribution in [2.75, 3.05) is 16.4 Å². The minimum Gasteiger partial charge on any atom is -1.00 e. The van der Waals surface area contributed by atoms with Gasteiger partial charge in [0.2, 0.25) is 5.91 Å². The van der Waals surface area contributed by atoms with Crippen LogP contribution in [0.15, 0.2) is 83.1 Å². The van der Waals surface area contributed by atoms with Crippen molar-refractivity contribution in [2.24, 2.45) is 5.84 Å². The van der Waals surface area contributed by atoms with Crippen LogP contribution in [-0.2, 0) is 11.3 Å². The summed E-state index contributed by atoms with van der Waals surface area (Å²) in [6.07, 6.45) is 5.88. The Labute approximate surface area is 246 Å². The number of hydrogen-bond donors (Lipinski definition) is 2. The van der Waals surface area contributed by atoms with Crippen LogP contribution < -0.4 is 33.1 Å². The third kappa shape index (κ3) is 7.92. The van der Waals surface area contributed by atoms with E-state index in [0.29, 0.717) is 6.42 Å². The molecule has 0 spiro atoms. The van der Waals surface area contributed by atoms with Crippen LogP contribution in [0.5, 0.6) is 0 Å². The van der Waals surface area contributed by atoms with Crippen molar-refractivity contribution in [2.45, 2.75) is 52.0 Å². The molecule has 0 radical (unpaired) electrons. The number of nitrogens with two attached hydrogens (primary N) is 1. The van der Waals surface area contributed by atoms with E-state index >= 15 is 0 Å². The smallest absolute Gasteiger partial charge is 0.233 e. The molecule has 3 aromatic carbocycles. The second kappa shape index (κ2) is 16.0. The first-order valence-electron chi connectivity index (χ1n) is 13.2. The van der Waals surface area contributed by atoms with Crippen molar-refractivity contribution in [3.8, 4) is 0 Å². The highest BCUT2D eigenvalue weighted by Gasteiger charge is 2.28. The predicted molar refractivity (Wildman–Crippen MR) is 162 cm³/mol. The molecule has 0 aliphatic carbocycles. The number of amides is 1. The Morgan fingerprint density at radius 1 is 0.789 bits per heavy atom. The van der Waals surface area contributed by atoms with E-state index in [1.165, 1.54) is 50.7 Å². The minimum atomic E-state index is -0.0824. The fraction of sp³-hybridized carbons (Fsp3) is 0.323. The third-order valence-electron chi connectivity index (χ3n) is 6.49. The summed E-state index contributed by atoms with van der Waals surface area (Å²) in [5, 5.41) is 0. The quantitative estimate of drug-likeness (QED) is 0.125. The molecule has 4 nitrogen and oxygen atoms in total. The molecule has 4 rings (SSSR count). The van der Waals surface area contributed by atoms with E-state index in [1.807, 2.05) is 23.5 Å². The number of carbonyl (C=O) groups is 1. The molecule has 1 aliphatic rings. The lowest BCUT2D eigenvalue weighted by molar-refractivity contribution is -0.121. The molecule has 0 aromatic heterocycles. The predicted octanol–water partition coefficient (Wildman–Crippen LogP) is 4.88. The number of halogens is 1. The average molecular weight is 612 g/mol. The van der Waals surface area contributed by atoms with E-state index < -0.39 is 0 Å². The summed E-state index contributed by atoms with van der Waals surface area (Å²) in [5.74, 6) is 7.29. The maximum absolute atomic E-state index is 11.4. The molecule has 1 amide bonds. The number of fused-ring (bicyclic) bond motifs is 2. The molecule has 38 heavy (non-hydrogen) atoms. The van der Waals surface area contributed by atoms with Crippen molar-refractivity contribution in [1.29, 1.82) is 0 Å². The summed E-state index contributed by atoms with van der Waals surface area (Å²) in [4.78, 5) is 13.9. The number of rotatable bonds is 13. The number of thioether (sulfide) groups is 2. The normalized spacial score (nSPS) is 11.8. The largest absolute Gasteiger partial charge is 1.00 e. The Hall–Kier alpha value is -2.19. The molecular formula is C31H37BrN3OS2-. The zero-order valence-electron chi connectivity index (χ0n) is 22.0. The lowest BCUT2D eigenvalue weighted by Crippen LogP contribution is -3.00. The van der Waals surface area contributed by atoms with Crippen LogP contribution in [0.2, 0.25) is 0 Å². The maximum Gasteiger partial charge on any atom is 0.233 e. The number of hydrazine groups is 1. The molecular weight excluding hydrogens is 574 g/mol. The van der Waals surface area contributed by atoms with Gasteiger partial charge in [-0.15, -0.1) is 23.5 Å². The summed E-state index contributed by atoms with van der Waals surface area (Å²) >= 11 is 3.98. The number of unbranched alkanes of at least 4 members (excludes halogenated alkanes) is 3. The molecule has 0 unspecified atom stereocenters. The summed E-state index contributed by atoms with van der Waals surface area (Å²) in [6.45, 7) is 3.09. The van der Waals surface area contributed by atoms with Gasteiger partial charge in [-0.05, 0) is 48.5 Å². The number of para-hydroxylation sites is 2. The average Bonchev–Trinajstić information content (AvgIpc) is 2.94. The Morgan fingerprint density at radius 3 is 1.97 bits per heavy atom. The van der Waals surface area contributed by atoms with Crippen LogP contribution in [0.25, 0.3) is 5.57 Å². The third-order valence-corrected chi connectivity index (χ3v) is 9.11. The second-order valence-electron chi connectivity index (χ2n) is 9.20. The molecule has 0 saturated heterocycles. The maximum atomic E-state index is 11.4. The highest BCUT2D eigenvalue weighted by atomic mass is 79.9. The molecule has 0 saturated carbocycles. The van der Waals surface area contributed by atoms with Gasteiger partial charge in [-0.25, -0.2) is 5.84 Å². The molecule has 3 N–H and O–H groups in total. The van der Waals surface area contributed by atoms with E-state index in [4.69, 9.17) is 5.84 Å². The van der Waals surface area contributed by atoms with Crippen LogP contribution in [0.4, 0.5) is 11.4 Å². The number of benzene rings is 3. The molecule has 0 fully saturated rings. The first kappa shape index (κ1) is 30.4. The van der Waals surface area contributed by atoms with E-state index in [1.54, 1.807) is 0 Å². The SMILES string of the molecule is CCCCSC(SCCCCCC(=O)NN)=C1c2ccccc2N(Cc2ccccc2)c2ccccc21.[Br-]. The molecule has 3 aromatic rings. The molecule has 1 heterocycles. The number of anilines is 2. The van der Waals surface area contributed by atoms with Crippen molar-refractivity contribution in [1.82, 2.24) is 5.43 Å².